The lowest BCUT2D eigenvalue weighted by molar-refractivity contribution is 0.646. The van der Waals surface area contributed by atoms with Crippen LogP contribution in [0.15, 0.2) is 24.3 Å². The van der Waals surface area contributed by atoms with Crippen LogP contribution in [0.3, 0.4) is 0 Å². The Morgan fingerprint density at radius 2 is 1.94 bits per heavy atom. The predicted molar refractivity (Wildman–Crippen MR) is 86.6 cm³/mol. The van der Waals surface area contributed by atoms with Crippen molar-refractivity contribution in [2.45, 2.75) is 44.3 Å². The number of hydrogen-bond acceptors (Lipinski definition) is 2. The Balaban J connectivity index is 1.79. The Labute approximate surface area is 117 Å². The first kappa shape index (κ1) is 14.2. The molecule has 2 rings (SSSR count). The normalized spacial score (nSPS) is 20.3. The maximum absolute atomic E-state index is 3.59. The van der Waals surface area contributed by atoms with Gasteiger partial charge in [-0.1, -0.05) is 49.1 Å². The van der Waals surface area contributed by atoms with Crippen LogP contribution >= 0.6 is 11.8 Å². The first-order valence-corrected chi connectivity index (χ1v) is 11.5. The van der Waals surface area contributed by atoms with E-state index in [2.05, 4.69) is 61.0 Å². The van der Waals surface area contributed by atoms with Gasteiger partial charge in [-0.05, 0) is 24.2 Å². The molecule has 0 bridgehead atoms. The Morgan fingerprint density at radius 3 is 2.50 bits per heavy atom. The van der Waals surface area contributed by atoms with Crippen molar-refractivity contribution < 1.29 is 0 Å². The van der Waals surface area contributed by atoms with Crippen molar-refractivity contribution in [2.24, 2.45) is 0 Å². The molecule has 1 nitrogen and oxygen atoms in total. The average molecular weight is 280 g/mol. The highest BCUT2D eigenvalue weighted by molar-refractivity contribution is 8.00. The molecule has 0 amide bonds. The molecule has 18 heavy (non-hydrogen) atoms. The highest BCUT2D eigenvalue weighted by Crippen LogP contribution is 2.25. The van der Waals surface area contributed by atoms with Crippen LogP contribution in [-0.4, -0.2) is 25.6 Å². The predicted octanol–water partition coefficient (Wildman–Crippen LogP) is 3.22. The van der Waals surface area contributed by atoms with Crippen LogP contribution in [0.5, 0.6) is 0 Å². The summed E-state index contributed by atoms with van der Waals surface area (Å²) in [4.78, 5) is 0. The summed E-state index contributed by atoms with van der Waals surface area (Å²) in [6.45, 7) is 9.39. The summed E-state index contributed by atoms with van der Waals surface area (Å²) in [5, 5.41) is 6.00. The van der Waals surface area contributed by atoms with Crippen LogP contribution in [0.4, 0.5) is 0 Å². The Kier molecular flexibility index (Phi) is 4.93. The van der Waals surface area contributed by atoms with Crippen molar-refractivity contribution >= 4 is 25.0 Å². The second-order valence-electron chi connectivity index (χ2n) is 6.21. The van der Waals surface area contributed by atoms with E-state index >= 15 is 0 Å². The van der Waals surface area contributed by atoms with Gasteiger partial charge in [0.1, 0.15) is 0 Å². The van der Waals surface area contributed by atoms with Crippen LogP contribution in [0.1, 0.15) is 18.4 Å². The van der Waals surface area contributed by atoms with Gasteiger partial charge in [-0.25, -0.2) is 0 Å². The van der Waals surface area contributed by atoms with E-state index in [4.69, 9.17) is 0 Å². The van der Waals surface area contributed by atoms with E-state index in [0.717, 1.165) is 11.8 Å². The summed E-state index contributed by atoms with van der Waals surface area (Å²) in [6.07, 6.45) is 2.80. The first-order valence-electron chi connectivity index (χ1n) is 6.97. The third-order valence-corrected chi connectivity index (χ3v) is 7.01. The van der Waals surface area contributed by atoms with Gasteiger partial charge >= 0.3 is 0 Å². The summed E-state index contributed by atoms with van der Waals surface area (Å²) in [5.74, 6) is 1.36. The summed E-state index contributed by atoms with van der Waals surface area (Å²) in [6, 6.07) is 9.24. The van der Waals surface area contributed by atoms with Crippen molar-refractivity contribution in [3.8, 4) is 0 Å². The molecule has 1 aromatic rings. The molecule has 3 heteroatoms. The highest BCUT2D eigenvalue weighted by Gasteiger charge is 2.16. The van der Waals surface area contributed by atoms with Gasteiger partial charge in [-0.2, -0.15) is 11.8 Å². The minimum atomic E-state index is -1.13. The fraction of sp³-hybridized carbons (Fsp3) is 0.600. The van der Waals surface area contributed by atoms with Crippen molar-refractivity contribution in [3.05, 3.63) is 29.8 Å². The van der Waals surface area contributed by atoms with Gasteiger partial charge in [0.05, 0.1) is 8.07 Å². The van der Waals surface area contributed by atoms with Gasteiger partial charge in [0.15, 0.2) is 0 Å². The molecule has 1 aliphatic rings. The molecule has 1 heterocycles. The second-order valence-corrected chi connectivity index (χ2v) is 12.7. The standard InChI is InChI=1S/C15H25NSSi/c1-18(2,3)15-8-6-13(7-9-15)11-16-12-14-5-4-10-17-14/h6-9,14,16H,4-5,10-12H2,1-3H3. The third kappa shape index (κ3) is 4.14. The van der Waals surface area contributed by atoms with Gasteiger partial charge in [0.25, 0.3) is 0 Å². The van der Waals surface area contributed by atoms with Crippen LogP contribution < -0.4 is 10.5 Å². The number of nitrogens with one attached hydrogen (secondary N) is 1. The van der Waals surface area contributed by atoms with E-state index in [1.807, 2.05) is 0 Å². The van der Waals surface area contributed by atoms with Crippen LogP contribution in [-0.2, 0) is 6.54 Å². The van der Waals surface area contributed by atoms with Gasteiger partial charge in [-0.3, -0.25) is 0 Å². The summed E-state index contributed by atoms with van der Waals surface area (Å²) >= 11 is 2.13. The zero-order valence-corrected chi connectivity index (χ0v) is 13.6. The molecule has 1 saturated heterocycles. The molecule has 0 radical (unpaired) electrons. The quantitative estimate of drug-likeness (QED) is 0.831. The molecule has 0 aliphatic carbocycles. The number of thioether (sulfide) groups is 1. The SMILES string of the molecule is C[Si](C)(C)c1ccc(CNCC2CCCS2)cc1. The number of hydrogen-bond donors (Lipinski definition) is 1. The summed E-state index contributed by atoms with van der Waals surface area (Å²) in [7, 11) is -1.13. The van der Waals surface area contributed by atoms with Crippen molar-refractivity contribution in [1.29, 1.82) is 0 Å². The molecule has 1 aromatic carbocycles. The van der Waals surface area contributed by atoms with Crippen molar-refractivity contribution in [2.75, 3.05) is 12.3 Å². The fourth-order valence-electron chi connectivity index (χ4n) is 2.31. The highest BCUT2D eigenvalue weighted by atomic mass is 32.2. The molecule has 1 unspecified atom stereocenters. The molecule has 0 spiro atoms. The second kappa shape index (κ2) is 6.26. The van der Waals surface area contributed by atoms with E-state index in [0.29, 0.717) is 0 Å². The Hall–Kier alpha value is -0.253. The first-order chi connectivity index (χ1) is 8.55. The average Bonchev–Trinajstić information content (AvgIpc) is 2.82. The minimum Gasteiger partial charge on any atom is -0.312 e. The maximum Gasteiger partial charge on any atom is 0.0775 e. The molecule has 1 aliphatic heterocycles. The van der Waals surface area contributed by atoms with Crippen LogP contribution in [0.25, 0.3) is 0 Å². The van der Waals surface area contributed by atoms with Gasteiger partial charge < -0.3 is 5.32 Å². The smallest absolute Gasteiger partial charge is 0.0775 e. The molecule has 1 fully saturated rings. The lowest BCUT2D eigenvalue weighted by Gasteiger charge is -2.17. The van der Waals surface area contributed by atoms with Crippen molar-refractivity contribution in [3.63, 3.8) is 0 Å². The Morgan fingerprint density at radius 1 is 1.22 bits per heavy atom. The summed E-state index contributed by atoms with van der Waals surface area (Å²) in [5.41, 5.74) is 1.42. The zero-order chi connectivity index (χ0) is 13.0. The molecule has 1 atom stereocenters. The molecular weight excluding hydrogens is 254 g/mol. The molecular formula is C15H25NSSi. The lowest BCUT2D eigenvalue weighted by Crippen LogP contribution is -2.37. The van der Waals surface area contributed by atoms with Gasteiger partial charge in [0.2, 0.25) is 0 Å². The molecule has 0 aromatic heterocycles. The number of benzene rings is 1. The lowest BCUT2D eigenvalue weighted by atomic mass is 10.2. The minimum absolute atomic E-state index is 0.853. The fourth-order valence-corrected chi connectivity index (χ4v) is 4.71. The van der Waals surface area contributed by atoms with E-state index in [9.17, 15) is 0 Å². The molecule has 0 saturated carbocycles. The summed E-state index contributed by atoms with van der Waals surface area (Å²) < 4.78 is 0. The van der Waals surface area contributed by atoms with Crippen molar-refractivity contribution in [1.82, 2.24) is 5.32 Å². The zero-order valence-electron chi connectivity index (χ0n) is 11.8. The number of rotatable bonds is 5. The van der Waals surface area contributed by atoms with E-state index in [1.54, 1.807) is 5.19 Å². The topological polar surface area (TPSA) is 12.0 Å². The molecule has 100 valence electrons. The van der Waals surface area contributed by atoms with Gasteiger partial charge in [0, 0.05) is 18.3 Å². The van der Waals surface area contributed by atoms with Gasteiger partial charge in [-0.15, -0.1) is 0 Å². The third-order valence-electron chi connectivity index (χ3n) is 3.55. The maximum atomic E-state index is 3.59. The van der Waals surface area contributed by atoms with Crippen LogP contribution in [0.2, 0.25) is 19.6 Å². The monoisotopic (exact) mass is 279 g/mol. The molecule has 1 N–H and O–H groups in total. The van der Waals surface area contributed by atoms with E-state index < -0.39 is 8.07 Å². The largest absolute Gasteiger partial charge is 0.312 e. The van der Waals surface area contributed by atoms with E-state index in [1.165, 1.54) is 30.7 Å². The Bertz CT molecular complexity index is 363. The van der Waals surface area contributed by atoms with E-state index in [-0.39, 0.29) is 0 Å². The van der Waals surface area contributed by atoms with Crippen LogP contribution in [0, 0.1) is 0 Å².